The molecule has 0 bridgehead atoms. The van der Waals surface area contributed by atoms with E-state index in [0.29, 0.717) is 5.75 Å². The number of rotatable bonds is 4. The molecule has 1 aromatic rings. The summed E-state index contributed by atoms with van der Waals surface area (Å²) in [4.78, 5) is 11.1. The van der Waals surface area contributed by atoms with Crippen LogP contribution in [0.3, 0.4) is 0 Å². The maximum atomic E-state index is 11.1. The van der Waals surface area contributed by atoms with Crippen molar-refractivity contribution in [2.45, 2.75) is 6.42 Å². The Morgan fingerprint density at radius 3 is 2.69 bits per heavy atom. The fourth-order valence-electron chi connectivity index (χ4n) is 0.978. The Balaban J connectivity index is 2.44. The lowest BCUT2D eigenvalue weighted by molar-refractivity contribution is 0.101. The van der Waals surface area contributed by atoms with Crippen molar-refractivity contribution in [2.75, 3.05) is 6.61 Å². The van der Waals surface area contributed by atoms with E-state index >= 15 is 0 Å². The Hall–Kier alpha value is -2.28. The van der Waals surface area contributed by atoms with Crippen molar-refractivity contribution in [3.8, 4) is 11.8 Å². The molecule has 82 valence electrons. The number of carbonyl (C=O) groups is 1. The van der Waals surface area contributed by atoms with Crippen molar-refractivity contribution in [3.05, 3.63) is 36.4 Å². The summed E-state index contributed by atoms with van der Waals surface area (Å²) in [5.74, 6) is 0.396. The highest BCUT2D eigenvalue weighted by Gasteiger charge is 2.04. The summed E-state index contributed by atoms with van der Waals surface area (Å²) in [7, 11) is 0. The fraction of sp³-hybridized carbons (Fsp3) is 0.167. The first kappa shape index (κ1) is 11.8. The maximum absolute atomic E-state index is 11.1. The average Bonchev–Trinajstić information content (AvgIpc) is 2.30. The van der Waals surface area contributed by atoms with Gasteiger partial charge in [-0.05, 0) is 17.7 Å². The van der Waals surface area contributed by atoms with E-state index in [1.807, 2.05) is 6.07 Å². The van der Waals surface area contributed by atoms with Gasteiger partial charge >= 0.3 is 6.16 Å². The van der Waals surface area contributed by atoms with Crippen molar-refractivity contribution in [3.63, 3.8) is 0 Å². The van der Waals surface area contributed by atoms with Gasteiger partial charge in [0.15, 0.2) is 0 Å². The minimum Gasteiger partial charge on any atom is -0.433 e. The molecule has 0 N–H and O–H groups in total. The molecule has 0 spiro atoms. The average molecular weight is 217 g/mol. The van der Waals surface area contributed by atoms with Gasteiger partial charge in [-0.1, -0.05) is 24.8 Å². The zero-order valence-corrected chi connectivity index (χ0v) is 8.68. The SMILES string of the molecule is C=Cc1ccc(OC(=O)OCCC#N)cc1. The van der Waals surface area contributed by atoms with E-state index in [9.17, 15) is 4.79 Å². The first-order valence-corrected chi connectivity index (χ1v) is 4.70. The molecule has 0 radical (unpaired) electrons. The Labute approximate surface area is 93.7 Å². The van der Waals surface area contributed by atoms with Gasteiger partial charge < -0.3 is 9.47 Å². The first-order chi connectivity index (χ1) is 7.76. The summed E-state index contributed by atoms with van der Waals surface area (Å²) in [6.07, 6.45) is 1.04. The molecular formula is C12H11NO3. The number of ether oxygens (including phenoxy) is 2. The van der Waals surface area contributed by atoms with Gasteiger partial charge in [0.2, 0.25) is 0 Å². The highest BCUT2D eigenvalue weighted by Crippen LogP contribution is 2.13. The second kappa shape index (κ2) is 6.25. The van der Waals surface area contributed by atoms with E-state index in [2.05, 4.69) is 11.3 Å². The molecule has 0 unspecified atom stereocenters. The van der Waals surface area contributed by atoms with E-state index in [0.717, 1.165) is 5.56 Å². The molecule has 0 saturated heterocycles. The second-order valence-electron chi connectivity index (χ2n) is 2.88. The van der Waals surface area contributed by atoms with E-state index in [1.54, 1.807) is 30.3 Å². The molecule has 1 aromatic carbocycles. The molecule has 0 atom stereocenters. The van der Waals surface area contributed by atoms with Crippen LogP contribution in [0.1, 0.15) is 12.0 Å². The van der Waals surface area contributed by atoms with Gasteiger partial charge in [0.05, 0.1) is 12.5 Å². The molecule has 0 saturated carbocycles. The molecule has 0 aliphatic rings. The van der Waals surface area contributed by atoms with Crippen LogP contribution in [0.25, 0.3) is 6.08 Å². The second-order valence-corrected chi connectivity index (χ2v) is 2.88. The number of hydrogen-bond donors (Lipinski definition) is 0. The molecular weight excluding hydrogens is 206 g/mol. The molecule has 0 amide bonds. The van der Waals surface area contributed by atoms with Crippen LogP contribution in [0, 0.1) is 11.3 Å². The summed E-state index contributed by atoms with van der Waals surface area (Å²) in [5.41, 5.74) is 0.935. The summed E-state index contributed by atoms with van der Waals surface area (Å²) in [6, 6.07) is 8.68. The highest BCUT2D eigenvalue weighted by molar-refractivity contribution is 5.64. The molecule has 0 aliphatic carbocycles. The smallest absolute Gasteiger partial charge is 0.433 e. The normalized spacial score (nSPS) is 8.94. The third-order valence-electron chi connectivity index (χ3n) is 1.75. The van der Waals surface area contributed by atoms with E-state index in [1.165, 1.54) is 0 Å². The van der Waals surface area contributed by atoms with E-state index in [-0.39, 0.29) is 13.0 Å². The number of benzene rings is 1. The number of nitrogens with zero attached hydrogens (tertiary/aromatic N) is 1. The molecule has 4 heteroatoms. The monoisotopic (exact) mass is 217 g/mol. The summed E-state index contributed by atoms with van der Waals surface area (Å²) < 4.78 is 9.49. The molecule has 0 heterocycles. The first-order valence-electron chi connectivity index (χ1n) is 4.70. The predicted octanol–water partition coefficient (Wildman–Crippen LogP) is 2.76. The highest BCUT2D eigenvalue weighted by atomic mass is 16.7. The van der Waals surface area contributed by atoms with Crippen LogP contribution in [0.2, 0.25) is 0 Å². The van der Waals surface area contributed by atoms with Crippen LogP contribution in [-0.4, -0.2) is 12.8 Å². The van der Waals surface area contributed by atoms with E-state index < -0.39 is 6.16 Å². The lowest BCUT2D eigenvalue weighted by Crippen LogP contribution is -2.11. The Morgan fingerprint density at radius 1 is 1.44 bits per heavy atom. The van der Waals surface area contributed by atoms with Gasteiger partial charge in [-0.2, -0.15) is 5.26 Å². The van der Waals surface area contributed by atoms with Gasteiger partial charge in [-0.3, -0.25) is 0 Å². The van der Waals surface area contributed by atoms with Crippen LogP contribution >= 0.6 is 0 Å². The van der Waals surface area contributed by atoms with Gasteiger partial charge in [-0.25, -0.2) is 4.79 Å². The van der Waals surface area contributed by atoms with Crippen molar-refractivity contribution >= 4 is 12.2 Å². The zero-order chi connectivity index (χ0) is 11.8. The molecule has 0 fully saturated rings. The largest absolute Gasteiger partial charge is 0.513 e. The van der Waals surface area contributed by atoms with Crippen molar-refractivity contribution < 1.29 is 14.3 Å². The van der Waals surface area contributed by atoms with Crippen LogP contribution in [-0.2, 0) is 4.74 Å². The molecule has 4 nitrogen and oxygen atoms in total. The van der Waals surface area contributed by atoms with E-state index in [4.69, 9.17) is 10.00 Å². The predicted molar refractivity (Wildman–Crippen MR) is 58.7 cm³/mol. The summed E-state index contributed by atoms with van der Waals surface area (Å²) in [6.45, 7) is 3.65. The van der Waals surface area contributed by atoms with Crippen molar-refractivity contribution in [2.24, 2.45) is 0 Å². The van der Waals surface area contributed by atoms with Gasteiger partial charge in [0.25, 0.3) is 0 Å². The van der Waals surface area contributed by atoms with Crippen molar-refractivity contribution in [1.82, 2.24) is 0 Å². The lowest BCUT2D eigenvalue weighted by atomic mass is 10.2. The topological polar surface area (TPSA) is 59.3 Å². The third-order valence-corrected chi connectivity index (χ3v) is 1.75. The van der Waals surface area contributed by atoms with Gasteiger partial charge in [-0.15, -0.1) is 0 Å². The Kier molecular flexibility index (Phi) is 4.61. The minimum absolute atomic E-state index is 0.0417. The zero-order valence-electron chi connectivity index (χ0n) is 8.68. The van der Waals surface area contributed by atoms with Crippen LogP contribution in [0.5, 0.6) is 5.75 Å². The van der Waals surface area contributed by atoms with Gasteiger partial charge in [0.1, 0.15) is 12.4 Å². The van der Waals surface area contributed by atoms with Crippen LogP contribution < -0.4 is 4.74 Å². The van der Waals surface area contributed by atoms with Crippen molar-refractivity contribution in [1.29, 1.82) is 5.26 Å². The summed E-state index contributed by atoms with van der Waals surface area (Å²) >= 11 is 0. The fourth-order valence-corrected chi connectivity index (χ4v) is 0.978. The molecule has 0 aliphatic heterocycles. The maximum Gasteiger partial charge on any atom is 0.513 e. The number of nitriles is 1. The third kappa shape index (κ3) is 3.84. The van der Waals surface area contributed by atoms with Crippen LogP contribution in [0.4, 0.5) is 4.79 Å². The Bertz CT molecular complexity index is 403. The minimum atomic E-state index is -0.804. The summed E-state index contributed by atoms with van der Waals surface area (Å²) in [5, 5.41) is 8.24. The van der Waals surface area contributed by atoms with Gasteiger partial charge in [0, 0.05) is 0 Å². The Morgan fingerprint density at radius 2 is 2.12 bits per heavy atom. The molecule has 16 heavy (non-hydrogen) atoms. The lowest BCUT2D eigenvalue weighted by Gasteiger charge is -2.04. The van der Waals surface area contributed by atoms with Crippen LogP contribution in [0.15, 0.2) is 30.8 Å². The quantitative estimate of drug-likeness (QED) is 0.442. The molecule has 1 rings (SSSR count). The molecule has 0 aromatic heterocycles. The number of hydrogen-bond acceptors (Lipinski definition) is 4. The standard InChI is InChI=1S/C12H11NO3/c1-2-10-4-6-11(7-5-10)16-12(14)15-9-3-8-13/h2,4-7H,1,3,9H2. The number of carbonyl (C=O) groups excluding carboxylic acids is 1.